The molecule has 1 aliphatic heterocycles. The number of hydrogen-bond donors (Lipinski definition) is 1. The standard InChI is InChI=1S/C14H22N2O4/c1-7(2)12(15-14(19)20-4)13(18)16-8(3)9-5-10(16)11(17)6-9/h7-10,12H,5-6H2,1-4H3,(H,15,19)/t8-,9-,10+,12+/m1/s1. The summed E-state index contributed by atoms with van der Waals surface area (Å²) in [5, 5.41) is 2.57. The van der Waals surface area contributed by atoms with E-state index in [0.29, 0.717) is 6.42 Å². The van der Waals surface area contributed by atoms with E-state index in [-0.39, 0.29) is 35.6 Å². The van der Waals surface area contributed by atoms with Crippen molar-refractivity contribution < 1.29 is 19.1 Å². The van der Waals surface area contributed by atoms with Gasteiger partial charge in [-0.3, -0.25) is 9.59 Å². The molecule has 1 aliphatic carbocycles. The second-order valence-corrected chi connectivity index (χ2v) is 6.03. The van der Waals surface area contributed by atoms with Crippen LogP contribution in [0.3, 0.4) is 0 Å². The molecule has 112 valence electrons. The van der Waals surface area contributed by atoms with E-state index in [1.54, 1.807) is 4.90 Å². The van der Waals surface area contributed by atoms with Crippen LogP contribution in [0.4, 0.5) is 4.79 Å². The van der Waals surface area contributed by atoms with E-state index < -0.39 is 12.1 Å². The molecule has 2 amide bonds. The van der Waals surface area contributed by atoms with Crippen LogP contribution in [-0.2, 0) is 14.3 Å². The molecule has 2 bridgehead atoms. The van der Waals surface area contributed by atoms with Gasteiger partial charge in [-0.1, -0.05) is 13.8 Å². The lowest BCUT2D eigenvalue weighted by Crippen LogP contribution is -2.57. The smallest absolute Gasteiger partial charge is 0.407 e. The predicted molar refractivity (Wildman–Crippen MR) is 72.0 cm³/mol. The Kier molecular flexibility index (Phi) is 4.01. The van der Waals surface area contributed by atoms with Gasteiger partial charge in [-0.05, 0) is 25.2 Å². The molecule has 4 atom stereocenters. The molecule has 6 heteroatoms. The number of nitrogens with one attached hydrogen (secondary N) is 1. The number of amides is 2. The summed E-state index contributed by atoms with van der Waals surface area (Å²) in [5.74, 6) is 0.158. The zero-order chi connectivity index (χ0) is 15.0. The summed E-state index contributed by atoms with van der Waals surface area (Å²) in [6.45, 7) is 5.70. The average Bonchev–Trinajstić information content (AvgIpc) is 2.91. The quantitative estimate of drug-likeness (QED) is 0.836. The summed E-state index contributed by atoms with van der Waals surface area (Å²) in [7, 11) is 1.27. The molecule has 0 unspecified atom stereocenters. The fourth-order valence-electron chi connectivity index (χ4n) is 3.26. The Morgan fingerprint density at radius 1 is 1.40 bits per heavy atom. The molecular formula is C14H22N2O4. The molecule has 0 aromatic heterocycles. The average molecular weight is 282 g/mol. The maximum Gasteiger partial charge on any atom is 0.407 e. The number of nitrogens with zero attached hydrogens (tertiary/aromatic N) is 1. The van der Waals surface area contributed by atoms with Crippen LogP contribution in [0.2, 0.25) is 0 Å². The number of likely N-dealkylation sites (tertiary alicyclic amines) is 1. The molecule has 0 aromatic carbocycles. The van der Waals surface area contributed by atoms with Crippen LogP contribution in [0, 0.1) is 11.8 Å². The maximum absolute atomic E-state index is 12.7. The monoisotopic (exact) mass is 282 g/mol. The van der Waals surface area contributed by atoms with Crippen molar-refractivity contribution in [3.8, 4) is 0 Å². The number of fused-ring (bicyclic) bond motifs is 2. The molecular weight excluding hydrogens is 260 g/mol. The Labute approximate surface area is 118 Å². The van der Waals surface area contributed by atoms with Crippen LogP contribution in [0.5, 0.6) is 0 Å². The number of Topliss-reactive ketones (excluding diaryl/α,β-unsaturated/α-hetero) is 1. The minimum absolute atomic E-state index is 0.0610. The number of ketones is 1. The minimum atomic E-state index is -0.656. The topological polar surface area (TPSA) is 75.7 Å². The van der Waals surface area contributed by atoms with E-state index in [4.69, 9.17) is 0 Å². The summed E-state index contributed by atoms with van der Waals surface area (Å²) >= 11 is 0. The molecule has 20 heavy (non-hydrogen) atoms. The van der Waals surface area contributed by atoms with E-state index in [2.05, 4.69) is 10.1 Å². The number of piperidine rings is 1. The fourth-order valence-corrected chi connectivity index (χ4v) is 3.26. The number of carbonyl (C=O) groups is 3. The number of alkyl carbamates (subject to hydrolysis) is 1. The van der Waals surface area contributed by atoms with Crippen molar-refractivity contribution in [2.24, 2.45) is 11.8 Å². The van der Waals surface area contributed by atoms with Crippen molar-refractivity contribution in [1.29, 1.82) is 0 Å². The first-order valence-corrected chi connectivity index (χ1v) is 7.06. The second-order valence-electron chi connectivity index (χ2n) is 6.03. The number of rotatable bonds is 3. The third-order valence-electron chi connectivity index (χ3n) is 4.46. The zero-order valence-electron chi connectivity index (χ0n) is 12.4. The number of carbonyl (C=O) groups excluding carboxylic acids is 3. The molecule has 0 aromatic rings. The summed E-state index contributed by atoms with van der Waals surface area (Å²) in [6, 6.07) is -0.897. The van der Waals surface area contributed by atoms with Gasteiger partial charge in [-0.25, -0.2) is 4.79 Å². The Balaban J connectivity index is 2.15. The Morgan fingerprint density at radius 2 is 2.05 bits per heavy atom. The summed E-state index contributed by atoms with van der Waals surface area (Å²) < 4.78 is 4.57. The molecule has 1 saturated carbocycles. The molecule has 2 aliphatic rings. The van der Waals surface area contributed by atoms with Gasteiger partial charge < -0.3 is 15.0 Å². The highest BCUT2D eigenvalue weighted by molar-refractivity contribution is 5.95. The summed E-state index contributed by atoms with van der Waals surface area (Å²) in [6.07, 6.45) is 0.710. The van der Waals surface area contributed by atoms with Crippen LogP contribution >= 0.6 is 0 Å². The van der Waals surface area contributed by atoms with E-state index in [9.17, 15) is 14.4 Å². The first-order chi connectivity index (χ1) is 9.36. The largest absolute Gasteiger partial charge is 0.453 e. The molecule has 1 saturated heterocycles. The van der Waals surface area contributed by atoms with E-state index in [0.717, 1.165) is 6.42 Å². The van der Waals surface area contributed by atoms with Gasteiger partial charge in [-0.2, -0.15) is 0 Å². The Bertz CT molecular complexity index is 435. The van der Waals surface area contributed by atoms with Crippen LogP contribution in [0.15, 0.2) is 0 Å². The van der Waals surface area contributed by atoms with Crippen LogP contribution in [0.25, 0.3) is 0 Å². The first-order valence-electron chi connectivity index (χ1n) is 7.06. The van der Waals surface area contributed by atoms with Gasteiger partial charge in [0.2, 0.25) is 5.91 Å². The van der Waals surface area contributed by atoms with Crippen LogP contribution < -0.4 is 5.32 Å². The summed E-state index contributed by atoms with van der Waals surface area (Å²) in [5.41, 5.74) is 0. The van der Waals surface area contributed by atoms with Gasteiger partial charge in [0.1, 0.15) is 6.04 Å². The van der Waals surface area contributed by atoms with Gasteiger partial charge >= 0.3 is 6.09 Å². The highest BCUT2D eigenvalue weighted by Gasteiger charge is 2.52. The van der Waals surface area contributed by atoms with Crippen molar-refractivity contribution in [2.45, 2.75) is 51.7 Å². The van der Waals surface area contributed by atoms with E-state index in [1.165, 1.54) is 7.11 Å². The lowest BCUT2D eigenvalue weighted by molar-refractivity contribution is -0.143. The molecule has 1 heterocycles. The predicted octanol–water partition coefficient (Wildman–Crippen LogP) is 0.945. The molecule has 1 N–H and O–H groups in total. The third kappa shape index (κ3) is 2.39. The molecule has 2 fully saturated rings. The van der Waals surface area contributed by atoms with E-state index in [1.807, 2.05) is 20.8 Å². The van der Waals surface area contributed by atoms with Crippen LogP contribution in [-0.4, -0.2) is 47.9 Å². The molecule has 2 rings (SSSR count). The van der Waals surface area contributed by atoms with Crippen molar-refractivity contribution in [1.82, 2.24) is 10.2 Å². The third-order valence-corrected chi connectivity index (χ3v) is 4.46. The molecule has 0 spiro atoms. The Morgan fingerprint density at radius 3 is 2.55 bits per heavy atom. The second kappa shape index (κ2) is 5.42. The van der Waals surface area contributed by atoms with Crippen molar-refractivity contribution >= 4 is 17.8 Å². The zero-order valence-corrected chi connectivity index (χ0v) is 12.4. The first kappa shape index (κ1) is 14.8. The van der Waals surface area contributed by atoms with Crippen LogP contribution in [0.1, 0.15) is 33.6 Å². The van der Waals surface area contributed by atoms with E-state index >= 15 is 0 Å². The van der Waals surface area contributed by atoms with Crippen molar-refractivity contribution in [3.63, 3.8) is 0 Å². The fraction of sp³-hybridized carbons (Fsp3) is 0.786. The number of hydrogen-bond acceptors (Lipinski definition) is 4. The number of methoxy groups -OCH3 is 1. The van der Waals surface area contributed by atoms with Gasteiger partial charge in [0, 0.05) is 12.5 Å². The SMILES string of the molecule is COC(=O)N[C@H](C(=O)N1[C@H](C)[C@H]2CC(=O)[C@@H]1C2)C(C)C. The lowest BCUT2D eigenvalue weighted by atomic mass is 9.97. The highest BCUT2D eigenvalue weighted by atomic mass is 16.5. The van der Waals surface area contributed by atoms with Gasteiger partial charge in [0.05, 0.1) is 13.2 Å². The maximum atomic E-state index is 12.7. The Hall–Kier alpha value is -1.59. The molecule has 0 radical (unpaired) electrons. The number of ether oxygens (including phenoxy) is 1. The van der Waals surface area contributed by atoms with Gasteiger partial charge in [0.25, 0.3) is 0 Å². The van der Waals surface area contributed by atoms with Crippen molar-refractivity contribution in [2.75, 3.05) is 7.11 Å². The highest BCUT2D eigenvalue weighted by Crippen LogP contribution is 2.40. The van der Waals surface area contributed by atoms with Crippen molar-refractivity contribution in [3.05, 3.63) is 0 Å². The lowest BCUT2D eigenvalue weighted by Gasteiger charge is -2.36. The molecule has 6 nitrogen and oxygen atoms in total. The van der Waals surface area contributed by atoms with Gasteiger partial charge in [0.15, 0.2) is 5.78 Å². The normalized spacial score (nSPS) is 29.8. The van der Waals surface area contributed by atoms with Gasteiger partial charge in [-0.15, -0.1) is 0 Å². The minimum Gasteiger partial charge on any atom is -0.453 e. The summed E-state index contributed by atoms with van der Waals surface area (Å²) in [4.78, 5) is 37.6.